The second kappa shape index (κ2) is 14.9. The summed E-state index contributed by atoms with van der Waals surface area (Å²) in [7, 11) is 0. The molecular weight excluding hydrogens is 476 g/mol. The minimum atomic E-state index is -0.423. The van der Waals surface area contributed by atoms with E-state index >= 15 is 0 Å². The number of hydrogen-bond donors (Lipinski definition) is 0. The highest BCUT2D eigenvalue weighted by Crippen LogP contribution is 2.30. The van der Waals surface area contributed by atoms with Gasteiger partial charge in [0.1, 0.15) is 0 Å². The van der Waals surface area contributed by atoms with E-state index in [1.807, 2.05) is 0 Å². The van der Waals surface area contributed by atoms with Gasteiger partial charge in [-0.1, -0.05) is 27.7 Å². The van der Waals surface area contributed by atoms with Crippen molar-refractivity contribution in [2.75, 3.05) is 79.3 Å². The molecule has 8 nitrogen and oxygen atoms in total. The van der Waals surface area contributed by atoms with E-state index in [9.17, 15) is 0 Å². The molecule has 0 aromatic rings. The van der Waals surface area contributed by atoms with Crippen molar-refractivity contribution in [3.8, 4) is 0 Å². The Morgan fingerprint density at radius 3 is 0.865 bits per heavy atom. The Balaban J connectivity index is 1.34. The predicted molar refractivity (Wildman–Crippen MR) is 140 cm³/mol. The lowest BCUT2D eigenvalue weighted by molar-refractivity contribution is -0.197. The van der Waals surface area contributed by atoms with Gasteiger partial charge in [-0.15, -0.1) is 0 Å². The molecule has 0 saturated carbocycles. The van der Waals surface area contributed by atoms with E-state index in [0.29, 0.717) is 76.5 Å². The Kier molecular flexibility index (Phi) is 11.9. The molecule has 4 saturated heterocycles. The van der Waals surface area contributed by atoms with Crippen molar-refractivity contribution in [3.63, 3.8) is 0 Å². The summed E-state index contributed by atoms with van der Waals surface area (Å²) in [6.07, 6.45) is 5.21. The zero-order chi connectivity index (χ0) is 26.1. The molecule has 4 aliphatic rings. The maximum absolute atomic E-state index is 6.30. The molecule has 4 aliphatic heterocycles. The molecule has 4 heterocycles. The van der Waals surface area contributed by atoms with Crippen molar-refractivity contribution in [2.24, 2.45) is 29.1 Å². The zero-order valence-corrected chi connectivity index (χ0v) is 23.7. The second-order valence-electron chi connectivity index (χ2n) is 11.7. The molecule has 216 valence electrons. The summed E-state index contributed by atoms with van der Waals surface area (Å²) in [6, 6.07) is 0. The lowest BCUT2D eigenvalue weighted by atomic mass is 9.90. The maximum Gasteiger partial charge on any atom is 0.0858 e. The first-order chi connectivity index (χ1) is 18.1. The normalized spacial score (nSPS) is 36.6. The van der Waals surface area contributed by atoms with Gasteiger partial charge in [0.2, 0.25) is 0 Å². The molecule has 0 bridgehead atoms. The van der Waals surface area contributed by atoms with Crippen molar-refractivity contribution in [1.29, 1.82) is 0 Å². The smallest absolute Gasteiger partial charge is 0.0858 e. The Bertz CT molecular complexity index is 530. The van der Waals surface area contributed by atoms with E-state index in [4.69, 9.17) is 37.9 Å². The van der Waals surface area contributed by atoms with Crippen LogP contribution in [-0.2, 0) is 37.9 Å². The molecule has 0 N–H and O–H groups in total. The Morgan fingerprint density at radius 1 is 0.459 bits per heavy atom. The SMILES string of the molecule is CCC1COC1COCC(COCC1OCC1CC)(COCC1OCC1CC)COCC1OCC1CC. The number of hydrogen-bond acceptors (Lipinski definition) is 8. The van der Waals surface area contributed by atoms with Crippen LogP contribution in [-0.4, -0.2) is 104 Å². The molecule has 37 heavy (non-hydrogen) atoms. The second-order valence-corrected chi connectivity index (χ2v) is 11.7. The van der Waals surface area contributed by atoms with Crippen LogP contribution in [0.2, 0.25) is 0 Å². The average Bonchev–Trinajstić information content (AvgIpc) is 2.83. The first-order valence-electron chi connectivity index (χ1n) is 14.9. The highest BCUT2D eigenvalue weighted by molar-refractivity contribution is 4.85. The minimum Gasteiger partial charge on any atom is -0.378 e. The van der Waals surface area contributed by atoms with Crippen LogP contribution in [0.1, 0.15) is 53.4 Å². The van der Waals surface area contributed by atoms with Gasteiger partial charge in [-0.3, -0.25) is 0 Å². The van der Waals surface area contributed by atoms with E-state index < -0.39 is 5.41 Å². The molecular formula is C29H52O8. The summed E-state index contributed by atoms with van der Waals surface area (Å²) in [5.74, 6) is 2.35. The van der Waals surface area contributed by atoms with Crippen molar-refractivity contribution < 1.29 is 37.9 Å². The first-order valence-corrected chi connectivity index (χ1v) is 14.9. The van der Waals surface area contributed by atoms with Gasteiger partial charge in [-0.25, -0.2) is 0 Å². The van der Waals surface area contributed by atoms with E-state index in [1.54, 1.807) is 0 Å². The molecule has 8 unspecified atom stereocenters. The summed E-state index contributed by atoms with van der Waals surface area (Å²) in [5.41, 5.74) is -0.423. The highest BCUT2D eigenvalue weighted by Gasteiger charge is 2.39. The third-order valence-electron chi connectivity index (χ3n) is 9.06. The predicted octanol–water partition coefficient (Wildman–Crippen LogP) is 3.74. The van der Waals surface area contributed by atoms with Crippen LogP contribution in [0.5, 0.6) is 0 Å². The van der Waals surface area contributed by atoms with E-state index in [2.05, 4.69) is 27.7 Å². The van der Waals surface area contributed by atoms with Gasteiger partial charge in [-0.2, -0.15) is 0 Å². The fraction of sp³-hybridized carbons (Fsp3) is 1.00. The van der Waals surface area contributed by atoms with Gasteiger partial charge in [0, 0.05) is 23.7 Å². The molecule has 0 radical (unpaired) electrons. The molecule has 0 aromatic heterocycles. The number of ether oxygens (including phenoxy) is 8. The lowest BCUT2D eigenvalue weighted by Crippen LogP contribution is -2.49. The first kappa shape index (κ1) is 29.7. The third-order valence-corrected chi connectivity index (χ3v) is 9.06. The molecule has 4 fully saturated rings. The molecule has 0 spiro atoms. The Morgan fingerprint density at radius 2 is 0.703 bits per heavy atom. The lowest BCUT2D eigenvalue weighted by Gasteiger charge is -2.41. The van der Waals surface area contributed by atoms with Gasteiger partial charge in [0.25, 0.3) is 0 Å². The van der Waals surface area contributed by atoms with E-state index in [1.165, 1.54) is 0 Å². The van der Waals surface area contributed by atoms with E-state index in [-0.39, 0.29) is 24.4 Å². The van der Waals surface area contributed by atoms with Crippen LogP contribution >= 0.6 is 0 Å². The molecule has 8 heteroatoms. The van der Waals surface area contributed by atoms with Gasteiger partial charge >= 0.3 is 0 Å². The fourth-order valence-corrected chi connectivity index (χ4v) is 5.55. The van der Waals surface area contributed by atoms with Crippen LogP contribution in [0, 0.1) is 29.1 Å². The van der Waals surface area contributed by atoms with Crippen LogP contribution in [0.25, 0.3) is 0 Å². The Hall–Kier alpha value is -0.320. The highest BCUT2D eigenvalue weighted by atomic mass is 16.6. The van der Waals surface area contributed by atoms with Gasteiger partial charge in [-0.05, 0) is 25.7 Å². The fourth-order valence-electron chi connectivity index (χ4n) is 5.55. The summed E-state index contributed by atoms with van der Waals surface area (Å²) in [4.78, 5) is 0. The van der Waals surface area contributed by atoms with Crippen molar-refractivity contribution >= 4 is 0 Å². The minimum absolute atomic E-state index is 0.182. The van der Waals surface area contributed by atoms with Crippen molar-refractivity contribution in [1.82, 2.24) is 0 Å². The van der Waals surface area contributed by atoms with Gasteiger partial charge in [0.05, 0.1) is 109 Å². The maximum atomic E-state index is 6.30. The van der Waals surface area contributed by atoms with Crippen LogP contribution in [0.4, 0.5) is 0 Å². The standard InChI is InChI=1S/C29H52O8/c1-5-21-9-34-25(21)13-30-17-29(18-31-14-26-22(6-2)10-35-26,19-32-15-27-23(7-3)11-36-27)20-33-16-28-24(8-4)12-37-28/h21-28H,5-20H2,1-4H3. The molecule has 4 rings (SSSR count). The molecule has 8 atom stereocenters. The monoisotopic (exact) mass is 528 g/mol. The Labute approximate surface area is 224 Å². The summed E-state index contributed by atoms with van der Waals surface area (Å²) >= 11 is 0. The van der Waals surface area contributed by atoms with Gasteiger partial charge < -0.3 is 37.9 Å². The average molecular weight is 529 g/mol. The van der Waals surface area contributed by atoms with Crippen LogP contribution in [0.3, 0.4) is 0 Å². The summed E-state index contributed by atoms with van der Waals surface area (Å²) in [6.45, 7) is 16.6. The largest absolute Gasteiger partial charge is 0.378 e. The number of rotatable bonds is 20. The van der Waals surface area contributed by atoms with E-state index in [0.717, 1.165) is 52.1 Å². The quantitative estimate of drug-likeness (QED) is 0.237. The summed E-state index contributed by atoms with van der Waals surface area (Å²) < 4.78 is 48.2. The molecule has 0 amide bonds. The summed E-state index contributed by atoms with van der Waals surface area (Å²) in [5, 5.41) is 0. The molecule has 0 aliphatic carbocycles. The molecule has 0 aromatic carbocycles. The van der Waals surface area contributed by atoms with Gasteiger partial charge in [0.15, 0.2) is 0 Å². The third kappa shape index (κ3) is 7.88. The zero-order valence-electron chi connectivity index (χ0n) is 23.7. The van der Waals surface area contributed by atoms with Crippen molar-refractivity contribution in [3.05, 3.63) is 0 Å². The topological polar surface area (TPSA) is 73.8 Å². The van der Waals surface area contributed by atoms with Crippen LogP contribution < -0.4 is 0 Å². The van der Waals surface area contributed by atoms with Crippen LogP contribution in [0.15, 0.2) is 0 Å². The van der Waals surface area contributed by atoms with Crippen molar-refractivity contribution in [2.45, 2.75) is 77.8 Å².